The summed E-state index contributed by atoms with van der Waals surface area (Å²) in [5, 5.41) is 35.6. The number of rotatable bonds is 6. The number of nitrogens with zero attached hydrogens (tertiary/aromatic N) is 2. The zero-order valence-corrected chi connectivity index (χ0v) is 17.2. The molecule has 0 spiro atoms. The fourth-order valence-corrected chi connectivity index (χ4v) is 4.76. The second-order valence-electron chi connectivity index (χ2n) is 6.08. The molecule has 174 valence electrons. The molecule has 0 aromatic carbocycles. The fourth-order valence-electron chi connectivity index (χ4n) is 2.45. The molecule has 0 amide bonds. The van der Waals surface area contributed by atoms with Crippen LogP contribution in [0.25, 0.3) is 0 Å². The largest absolute Gasteiger partial charge is 0.394 e. The third-order valence-electron chi connectivity index (χ3n) is 4.23. The Balaban J connectivity index is 0.000000314. The number of hydrogen-bond donors (Lipinski definition) is 10. The van der Waals surface area contributed by atoms with Gasteiger partial charge in [0.1, 0.15) is 24.1 Å². The molecule has 1 fully saturated rings. The Morgan fingerprint density at radius 1 is 1.20 bits per heavy atom. The van der Waals surface area contributed by atoms with Gasteiger partial charge in [-0.1, -0.05) is 0 Å². The third-order valence-corrected chi connectivity index (χ3v) is 8.45. The van der Waals surface area contributed by atoms with Crippen LogP contribution in [-0.4, -0.2) is 93.1 Å². The lowest BCUT2D eigenvalue weighted by Gasteiger charge is -2.31. The van der Waals surface area contributed by atoms with Gasteiger partial charge in [0.25, 0.3) is 0 Å². The quantitative estimate of drug-likeness (QED) is 0.173. The molecule has 16 nitrogen and oxygen atoms in total. The van der Waals surface area contributed by atoms with Crippen molar-refractivity contribution >= 4 is 21.0 Å². The lowest BCUT2D eigenvalue weighted by molar-refractivity contribution is -0.0549. The molecule has 30 heavy (non-hydrogen) atoms. The van der Waals surface area contributed by atoms with E-state index in [4.69, 9.17) is 40.3 Å². The first-order valence-electron chi connectivity index (χ1n) is 8.05. The summed E-state index contributed by atoms with van der Waals surface area (Å²) >= 11 is 0. The molecule has 2 heterocycles. The monoisotopic (exact) mass is 478 g/mol. The molecule has 1 saturated heterocycles. The highest BCUT2D eigenvalue weighted by atomic mass is 31.2. The van der Waals surface area contributed by atoms with Gasteiger partial charge in [0, 0.05) is 6.20 Å². The van der Waals surface area contributed by atoms with Gasteiger partial charge in [0.2, 0.25) is 5.02 Å². The van der Waals surface area contributed by atoms with Gasteiger partial charge in [-0.15, -0.1) is 0 Å². The van der Waals surface area contributed by atoms with Crippen LogP contribution in [0.2, 0.25) is 0 Å². The van der Waals surface area contributed by atoms with E-state index in [9.17, 15) is 24.1 Å². The van der Waals surface area contributed by atoms with E-state index >= 15 is 0 Å². The van der Waals surface area contributed by atoms with Crippen molar-refractivity contribution in [3.8, 4) is 0 Å². The number of anilines is 1. The van der Waals surface area contributed by atoms with Gasteiger partial charge in [0.05, 0.1) is 13.2 Å². The third kappa shape index (κ3) is 5.31. The zero-order valence-electron chi connectivity index (χ0n) is 15.5. The van der Waals surface area contributed by atoms with Crippen LogP contribution in [0.1, 0.15) is 6.23 Å². The SMILES string of the molecule is CNC(CO)(P(=O)(O)O)P(=O)(O)O.Nc1ccn([C@@H]2O[C@H](CO)[C@@H](O)[C@H]2O)c(=O)n1. The van der Waals surface area contributed by atoms with E-state index in [-0.39, 0.29) is 5.82 Å². The molecular weight excluding hydrogens is 454 g/mol. The number of nitrogen functional groups attached to an aromatic ring is 1. The molecule has 0 aliphatic carbocycles. The molecule has 18 heteroatoms. The fraction of sp³-hybridized carbons (Fsp3) is 0.667. The van der Waals surface area contributed by atoms with Gasteiger partial charge in [-0.2, -0.15) is 4.98 Å². The maximum Gasteiger partial charge on any atom is 0.360 e. The Bertz CT molecular complexity index is 841. The maximum atomic E-state index is 11.5. The number of hydrogen-bond acceptors (Lipinski definition) is 11. The van der Waals surface area contributed by atoms with Crippen LogP contribution in [0.5, 0.6) is 0 Å². The Morgan fingerprint density at radius 3 is 2.03 bits per heavy atom. The van der Waals surface area contributed by atoms with E-state index in [1.54, 1.807) is 5.32 Å². The molecule has 1 aromatic heterocycles. The highest BCUT2D eigenvalue weighted by molar-refractivity contribution is 7.72. The van der Waals surface area contributed by atoms with Crippen LogP contribution in [0.4, 0.5) is 5.82 Å². The summed E-state index contributed by atoms with van der Waals surface area (Å²) in [7, 11) is -9.37. The number of ether oxygens (including phenoxy) is 1. The van der Waals surface area contributed by atoms with Crippen molar-refractivity contribution in [1.29, 1.82) is 0 Å². The molecule has 0 unspecified atom stereocenters. The van der Waals surface area contributed by atoms with Crippen molar-refractivity contribution in [2.75, 3.05) is 26.0 Å². The van der Waals surface area contributed by atoms with Gasteiger partial charge in [-0.3, -0.25) is 19.0 Å². The molecule has 0 bridgehead atoms. The molecule has 1 aliphatic heterocycles. The summed E-state index contributed by atoms with van der Waals surface area (Å²) in [5.74, 6) is 0.0537. The summed E-state index contributed by atoms with van der Waals surface area (Å²) in [6, 6.07) is 1.37. The van der Waals surface area contributed by atoms with E-state index < -0.39 is 63.7 Å². The van der Waals surface area contributed by atoms with Gasteiger partial charge < -0.3 is 50.5 Å². The zero-order chi connectivity index (χ0) is 23.5. The Morgan fingerprint density at radius 2 is 1.73 bits per heavy atom. The summed E-state index contributed by atoms with van der Waals surface area (Å²) in [4.78, 5) is 49.6. The number of aromatic nitrogens is 2. The van der Waals surface area contributed by atoms with Crippen molar-refractivity contribution in [3.63, 3.8) is 0 Å². The molecule has 0 saturated carbocycles. The van der Waals surface area contributed by atoms with Crippen LogP contribution in [0, 0.1) is 0 Å². The minimum atomic E-state index is -5.15. The number of aliphatic hydroxyl groups excluding tert-OH is 4. The predicted molar refractivity (Wildman–Crippen MR) is 98.9 cm³/mol. The van der Waals surface area contributed by atoms with Gasteiger partial charge >= 0.3 is 20.9 Å². The standard InChI is InChI=1S/C9H13N3O5.C3H11NO7P2/c10-5-1-2-12(9(16)11-5)8-7(15)6(14)4(3-13)17-8;1-4-3(2-5,12(6,7)8)13(9,10)11/h1-2,4,6-8,13-15H,3H2,(H2,10,11,16);4-5H,2H2,1H3,(H2,6,7,8)(H2,9,10,11)/t4-,6-,7-,8-;/m1./s1. The number of nitrogens with two attached hydrogens (primary N) is 1. The van der Waals surface area contributed by atoms with E-state index in [2.05, 4.69) is 4.98 Å². The van der Waals surface area contributed by atoms with Crippen LogP contribution >= 0.6 is 15.2 Å². The average molecular weight is 478 g/mol. The van der Waals surface area contributed by atoms with Crippen LogP contribution < -0.4 is 16.7 Å². The molecule has 4 atom stereocenters. The number of aliphatic hydroxyl groups is 4. The van der Waals surface area contributed by atoms with Crippen molar-refractivity contribution in [1.82, 2.24) is 14.9 Å². The molecular formula is C12H24N4O12P2. The maximum absolute atomic E-state index is 11.5. The smallest absolute Gasteiger partial charge is 0.360 e. The number of nitrogens with one attached hydrogen (secondary N) is 1. The lowest BCUT2D eigenvalue weighted by Crippen LogP contribution is -2.45. The predicted octanol–water partition coefficient (Wildman–Crippen LogP) is -4.36. The van der Waals surface area contributed by atoms with Gasteiger partial charge in [-0.25, -0.2) is 4.79 Å². The van der Waals surface area contributed by atoms with E-state index in [0.717, 1.165) is 11.6 Å². The Hall–Kier alpha value is -1.26. The summed E-state index contributed by atoms with van der Waals surface area (Å²) in [6.45, 7) is -1.82. The molecule has 1 aliphatic rings. The van der Waals surface area contributed by atoms with Crippen molar-refractivity contribution < 1.29 is 53.9 Å². The highest BCUT2D eigenvalue weighted by Crippen LogP contribution is 2.66. The lowest BCUT2D eigenvalue weighted by atomic mass is 10.1. The first-order valence-corrected chi connectivity index (χ1v) is 11.3. The van der Waals surface area contributed by atoms with E-state index in [1.807, 2.05) is 0 Å². The molecule has 0 radical (unpaired) electrons. The minimum Gasteiger partial charge on any atom is -0.394 e. The van der Waals surface area contributed by atoms with Crippen LogP contribution in [0.3, 0.4) is 0 Å². The average Bonchev–Trinajstić information content (AvgIpc) is 2.89. The van der Waals surface area contributed by atoms with Crippen molar-refractivity contribution in [3.05, 3.63) is 22.7 Å². The van der Waals surface area contributed by atoms with Crippen LogP contribution in [0.15, 0.2) is 17.1 Å². The number of likely N-dealkylation sites (N-methyl/N-ethyl adjacent to an activating group) is 1. The first-order chi connectivity index (χ1) is 13.7. The highest BCUT2D eigenvalue weighted by Gasteiger charge is 2.59. The van der Waals surface area contributed by atoms with Crippen molar-refractivity contribution in [2.24, 2.45) is 0 Å². The van der Waals surface area contributed by atoms with E-state index in [1.165, 1.54) is 12.3 Å². The normalized spacial score (nSPS) is 25.0. The topological polar surface area (TPSA) is 278 Å². The molecule has 1 aromatic rings. The first kappa shape index (κ1) is 26.8. The minimum absolute atomic E-state index is 0.0537. The molecule has 2 rings (SSSR count). The van der Waals surface area contributed by atoms with Crippen LogP contribution in [-0.2, 0) is 13.9 Å². The molecule has 11 N–H and O–H groups in total. The second kappa shape index (κ2) is 9.91. The summed E-state index contributed by atoms with van der Waals surface area (Å²) in [6.07, 6.45) is -3.27. The summed E-state index contributed by atoms with van der Waals surface area (Å²) in [5.41, 5.74) is 4.63. The Labute approximate surface area is 168 Å². The second-order valence-corrected chi connectivity index (χ2v) is 10.1. The van der Waals surface area contributed by atoms with Gasteiger partial charge in [-0.05, 0) is 13.1 Å². The van der Waals surface area contributed by atoms with E-state index in [0.29, 0.717) is 0 Å². The van der Waals surface area contributed by atoms with Gasteiger partial charge in [0.15, 0.2) is 6.23 Å². The van der Waals surface area contributed by atoms with Crippen molar-refractivity contribution in [2.45, 2.75) is 29.6 Å². The Kier molecular flexibility index (Phi) is 8.84. The summed E-state index contributed by atoms with van der Waals surface area (Å²) < 4.78 is 27.7.